The Labute approximate surface area is 235 Å². The molecule has 0 aliphatic rings. The molecule has 3 rings (SSSR count). The second kappa shape index (κ2) is 13.5. The highest BCUT2D eigenvalue weighted by Gasteiger charge is 2.35. The lowest BCUT2D eigenvalue weighted by molar-refractivity contribution is -0.149. The van der Waals surface area contributed by atoms with Crippen molar-refractivity contribution >= 4 is 28.5 Å². The normalized spacial score (nSPS) is 13.0. The average molecular weight is 551 g/mol. The Morgan fingerprint density at radius 2 is 1.50 bits per heavy atom. The van der Waals surface area contributed by atoms with Crippen molar-refractivity contribution in [3.8, 4) is 0 Å². The molecule has 0 heterocycles. The second-order valence-electron chi connectivity index (χ2n) is 10.8. The molecule has 0 aromatic heterocycles. The van der Waals surface area contributed by atoms with Crippen molar-refractivity contribution in [1.82, 2.24) is 15.1 Å². The number of carbonyl (C=O) groups is 3. The fraction of sp³-hybridized carbons (Fsp3) is 0.387. The van der Waals surface area contributed by atoms with E-state index in [0.29, 0.717) is 5.56 Å². The highest BCUT2D eigenvalue weighted by molar-refractivity contribution is 5.92. The Kier molecular flexibility index (Phi) is 10.4. The van der Waals surface area contributed by atoms with Crippen LogP contribution in [0.5, 0.6) is 0 Å². The summed E-state index contributed by atoms with van der Waals surface area (Å²) in [5.74, 6) is -1.54. The van der Waals surface area contributed by atoms with Crippen LogP contribution in [-0.2, 0) is 32.0 Å². The number of rotatable bonds is 12. The highest BCUT2D eigenvalue weighted by atomic mass is 19.1. The number of hydrogen-bond acceptors (Lipinski definition) is 5. The summed E-state index contributed by atoms with van der Waals surface area (Å²) in [6.45, 7) is 3.52. The number of nitrogens with one attached hydrogen (secondary N) is 1. The summed E-state index contributed by atoms with van der Waals surface area (Å²) in [5.41, 5.74) is 6.92. The molecule has 0 saturated heterocycles. The van der Waals surface area contributed by atoms with Crippen LogP contribution in [0.25, 0.3) is 10.8 Å². The van der Waals surface area contributed by atoms with Crippen LogP contribution in [0.4, 0.5) is 4.39 Å². The van der Waals surface area contributed by atoms with E-state index in [1.807, 2.05) is 42.5 Å². The number of carbonyl (C=O) groups excluding carboxylic acids is 3. The molecular weight excluding hydrogens is 511 g/mol. The van der Waals surface area contributed by atoms with Crippen LogP contribution < -0.4 is 11.1 Å². The molecule has 2 atom stereocenters. The minimum absolute atomic E-state index is 0.173. The van der Waals surface area contributed by atoms with Gasteiger partial charge in [0.15, 0.2) is 0 Å². The first-order valence-electron chi connectivity index (χ1n) is 13.2. The van der Waals surface area contributed by atoms with Gasteiger partial charge in [-0.2, -0.15) is 0 Å². The Morgan fingerprint density at radius 3 is 2.12 bits per heavy atom. The van der Waals surface area contributed by atoms with Gasteiger partial charge in [-0.1, -0.05) is 54.6 Å². The maximum Gasteiger partial charge on any atom is 0.249 e. The van der Waals surface area contributed by atoms with Crippen molar-refractivity contribution in [2.75, 3.05) is 34.4 Å². The van der Waals surface area contributed by atoms with Gasteiger partial charge in [-0.05, 0) is 47.9 Å². The lowest BCUT2D eigenvalue weighted by Crippen LogP contribution is -2.56. The summed E-state index contributed by atoms with van der Waals surface area (Å²) in [5, 5.41) is 4.69. The van der Waals surface area contributed by atoms with Crippen LogP contribution in [0.2, 0.25) is 0 Å². The van der Waals surface area contributed by atoms with Gasteiger partial charge in [0.1, 0.15) is 24.5 Å². The van der Waals surface area contributed by atoms with Gasteiger partial charge < -0.3 is 25.6 Å². The van der Waals surface area contributed by atoms with E-state index in [2.05, 4.69) is 5.32 Å². The summed E-state index contributed by atoms with van der Waals surface area (Å²) in [7, 11) is 4.60. The Balaban J connectivity index is 1.90. The van der Waals surface area contributed by atoms with Gasteiger partial charge in [0.2, 0.25) is 17.7 Å². The number of halogens is 1. The van der Waals surface area contributed by atoms with E-state index in [-0.39, 0.29) is 43.7 Å². The first-order chi connectivity index (χ1) is 18.9. The van der Waals surface area contributed by atoms with Crippen molar-refractivity contribution in [2.45, 2.75) is 44.3 Å². The van der Waals surface area contributed by atoms with Gasteiger partial charge in [0.05, 0.1) is 6.61 Å². The summed E-state index contributed by atoms with van der Waals surface area (Å²) >= 11 is 0. The van der Waals surface area contributed by atoms with E-state index >= 15 is 0 Å². The van der Waals surface area contributed by atoms with E-state index in [1.165, 1.54) is 29.0 Å². The molecule has 3 aromatic carbocycles. The van der Waals surface area contributed by atoms with Crippen LogP contribution in [0.3, 0.4) is 0 Å². The molecule has 3 aromatic rings. The number of likely N-dealkylation sites (N-methyl/N-ethyl adjacent to an activating group) is 3. The fourth-order valence-corrected chi connectivity index (χ4v) is 4.46. The number of fused-ring (bicyclic) bond motifs is 1. The lowest BCUT2D eigenvalue weighted by Gasteiger charge is -2.34. The molecule has 8 nitrogen and oxygen atoms in total. The van der Waals surface area contributed by atoms with Crippen LogP contribution in [0, 0.1) is 5.82 Å². The number of ether oxygens (including phenoxy) is 1. The predicted molar refractivity (Wildman–Crippen MR) is 154 cm³/mol. The molecular formula is C31H39FN4O4. The summed E-state index contributed by atoms with van der Waals surface area (Å²) < 4.78 is 19.0. The number of hydrogen-bond donors (Lipinski definition) is 2. The van der Waals surface area contributed by atoms with E-state index in [1.54, 1.807) is 40.1 Å². The third-order valence-corrected chi connectivity index (χ3v) is 6.79. The average Bonchev–Trinajstić information content (AvgIpc) is 2.93. The van der Waals surface area contributed by atoms with Crippen molar-refractivity contribution in [3.05, 3.63) is 83.7 Å². The molecule has 0 aliphatic heterocycles. The molecule has 214 valence electrons. The molecule has 0 fully saturated rings. The smallest absolute Gasteiger partial charge is 0.249 e. The SMILES string of the molecule is CNC(=O)C(Cc1ccc(F)cc1)N(C)C(=O)[C@@H](Cc1ccc2ccccc2c1)N(C)C(=O)COCC(C)(C)N. The summed E-state index contributed by atoms with van der Waals surface area (Å²) in [6.07, 6.45) is 0.410. The van der Waals surface area contributed by atoms with Gasteiger partial charge in [-0.15, -0.1) is 0 Å². The minimum atomic E-state index is -0.909. The van der Waals surface area contributed by atoms with Gasteiger partial charge >= 0.3 is 0 Å². The molecule has 40 heavy (non-hydrogen) atoms. The molecule has 1 unspecified atom stereocenters. The quantitative estimate of drug-likeness (QED) is 0.361. The first-order valence-corrected chi connectivity index (χ1v) is 13.2. The second-order valence-corrected chi connectivity index (χ2v) is 10.8. The number of nitrogens with zero attached hydrogens (tertiary/aromatic N) is 2. The zero-order valence-corrected chi connectivity index (χ0v) is 23.8. The topological polar surface area (TPSA) is 105 Å². The minimum Gasteiger partial charge on any atom is -0.370 e. The van der Waals surface area contributed by atoms with Crippen LogP contribution >= 0.6 is 0 Å². The Morgan fingerprint density at radius 1 is 0.900 bits per heavy atom. The molecule has 3 N–H and O–H groups in total. The van der Waals surface area contributed by atoms with Crippen molar-refractivity contribution in [1.29, 1.82) is 0 Å². The zero-order valence-electron chi connectivity index (χ0n) is 23.8. The molecule has 0 saturated carbocycles. The molecule has 0 radical (unpaired) electrons. The molecule has 0 aliphatic carbocycles. The molecule has 0 bridgehead atoms. The number of nitrogens with two attached hydrogens (primary N) is 1. The third kappa shape index (κ3) is 8.34. The largest absolute Gasteiger partial charge is 0.370 e. The maximum absolute atomic E-state index is 14.0. The highest BCUT2D eigenvalue weighted by Crippen LogP contribution is 2.20. The maximum atomic E-state index is 14.0. The van der Waals surface area contributed by atoms with Crippen molar-refractivity contribution in [3.63, 3.8) is 0 Å². The van der Waals surface area contributed by atoms with Crippen LogP contribution in [0.15, 0.2) is 66.7 Å². The monoisotopic (exact) mass is 550 g/mol. The first kappa shape index (κ1) is 30.7. The standard InChI is InChI=1S/C31H39FN4O4/c1-31(2,33)20-40-19-28(37)35(4)27(18-22-10-13-23-8-6-7-9-24(23)16-22)30(39)36(5)26(29(38)34-3)17-21-11-14-25(32)15-12-21/h6-16,26-27H,17-20,33H2,1-5H3,(H,34,38)/t26?,27-/m1/s1. The fourth-order valence-electron chi connectivity index (χ4n) is 4.46. The molecule has 3 amide bonds. The molecule has 0 spiro atoms. The zero-order chi connectivity index (χ0) is 29.4. The van der Waals surface area contributed by atoms with Gasteiger partial charge in [-0.3, -0.25) is 14.4 Å². The van der Waals surface area contributed by atoms with Crippen molar-refractivity contribution < 1.29 is 23.5 Å². The third-order valence-electron chi connectivity index (χ3n) is 6.79. The predicted octanol–water partition coefficient (Wildman–Crippen LogP) is 2.92. The lowest BCUT2D eigenvalue weighted by atomic mass is 9.98. The Hall–Kier alpha value is -3.82. The van der Waals surface area contributed by atoms with Gasteiger partial charge in [-0.25, -0.2) is 4.39 Å². The van der Waals surface area contributed by atoms with E-state index in [4.69, 9.17) is 10.5 Å². The van der Waals surface area contributed by atoms with Crippen molar-refractivity contribution in [2.24, 2.45) is 5.73 Å². The van der Waals surface area contributed by atoms with Gasteiger partial charge in [0.25, 0.3) is 0 Å². The van der Waals surface area contributed by atoms with Gasteiger partial charge in [0, 0.05) is 39.5 Å². The Bertz CT molecular complexity index is 1320. The molecule has 9 heteroatoms. The summed E-state index contributed by atoms with van der Waals surface area (Å²) in [4.78, 5) is 42.8. The van der Waals surface area contributed by atoms with Crippen LogP contribution in [-0.4, -0.2) is 79.5 Å². The van der Waals surface area contributed by atoms with E-state index in [9.17, 15) is 18.8 Å². The van der Waals surface area contributed by atoms with E-state index in [0.717, 1.165) is 16.3 Å². The summed E-state index contributed by atoms with van der Waals surface area (Å²) in [6, 6.07) is 17.8. The number of benzene rings is 3. The van der Waals surface area contributed by atoms with E-state index < -0.39 is 23.5 Å². The van der Waals surface area contributed by atoms with Crippen LogP contribution in [0.1, 0.15) is 25.0 Å². The number of amides is 3.